The molecule has 2 aromatic rings. The molecule has 0 amide bonds. The molecule has 0 saturated carbocycles. The van der Waals surface area contributed by atoms with E-state index in [-0.39, 0.29) is 11.5 Å². The zero-order valence-corrected chi connectivity index (χ0v) is 20.0. The molecular weight excluding hydrogens is 380 g/mol. The van der Waals surface area contributed by atoms with Crippen LogP contribution >= 0.6 is 0 Å². The fourth-order valence-corrected chi connectivity index (χ4v) is 3.94. The van der Waals surface area contributed by atoms with Gasteiger partial charge in [-0.3, -0.25) is 4.79 Å². The number of hydrogen-bond acceptors (Lipinski definition) is 3. The van der Waals surface area contributed by atoms with Crippen LogP contribution in [-0.4, -0.2) is 19.4 Å². The lowest BCUT2D eigenvalue weighted by Crippen LogP contribution is -2.44. The highest BCUT2D eigenvalue weighted by Gasteiger charge is 2.39. The van der Waals surface area contributed by atoms with E-state index in [9.17, 15) is 4.79 Å². The number of carbonyl (C=O) groups is 1. The van der Waals surface area contributed by atoms with Crippen LogP contribution in [0, 0.1) is 20.8 Å². The van der Waals surface area contributed by atoms with Crippen LogP contribution in [0.5, 0.6) is 11.5 Å². The van der Waals surface area contributed by atoms with Crippen LogP contribution in [-0.2, 0) is 17.8 Å². The standard InChI is InChI=1S/C24H34O4Si/c1-16-10-12-21(28-29(7,8)24(4,5)6)18(3)20(16)15-27-22-13-19(14-23(25)26)11-9-17(22)2/h9-13H,14-15H2,1-8H3,(H,25,26). The monoisotopic (exact) mass is 414 g/mol. The zero-order chi connectivity index (χ0) is 22.0. The number of ether oxygens (including phenoxy) is 1. The summed E-state index contributed by atoms with van der Waals surface area (Å²) in [6.07, 6.45) is -0.00939. The van der Waals surface area contributed by atoms with Gasteiger partial charge in [0.25, 0.3) is 0 Å². The van der Waals surface area contributed by atoms with Crippen LogP contribution in [0.15, 0.2) is 30.3 Å². The number of aliphatic carboxylic acids is 1. The summed E-state index contributed by atoms with van der Waals surface area (Å²) < 4.78 is 12.7. The van der Waals surface area contributed by atoms with Gasteiger partial charge in [-0.05, 0) is 78.9 Å². The number of hydrogen-bond donors (Lipinski definition) is 1. The molecule has 0 unspecified atom stereocenters. The van der Waals surface area contributed by atoms with Gasteiger partial charge in [0.2, 0.25) is 8.32 Å². The molecule has 29 heavy (non-hydrogen) atoms. The van der Waals surface area contributed by atoms with Crippen LogP contribution in [0.3, 0.4) is 0 Å². The van der Waals surface area contributed by atoms with E-state index in [4.69, 9.17) is 14.3 Å². The average Bonchev–Trinajstić information content (AvgIpc) is 2.58. The van der Waals surface area contributed by atoms with Crippen LogP contribution < -0.4 is 9.16 Å². The quantitative estimate of drug-likeness (QED) is 0.548. The molecule has 2 rings (SSSR count). The smallest absolute Gasteiger partial charge is 0.307 e. The van der Waals surface area contributed by atoms with Crippen LogP contribution in [0.25, 0.3) is 0 Å². The highest BCUT2D eigenvalue weighted by Crippen LogP contribution is 2.39. The SMILES string of the molecule is Cc1ccc(CC(=O)O)cc1OCc1c(C)ccc(O[Si](C)(C)C(C)(C)C)c1C. The van der Waals surface area contributed by atoms with Gasteiger partial charge in [-0.2, -0.15) is 0 Å². The molecule has 2 aromatic carbocycles. The molecule has 1 N–H and O–H groups in total. The first-order chi connectivity index (χ1) is 13.3. The molecule has 4 nitrogen and oxygen atoms in total. The van der Waals surface area contributed by atoms with Gasteiger partial charge in [0.15, 0.2) is 0 Å². The number of benzene rings is 2. The summed E-state index contributed by atoms with van der Waals surface area (Å²) in [6, 6.07) is 9.71. The molecule has 0 heterocycles. The van der Waals surface area contributed by atoms with Gasteiger partial charge in [0, 0.05) is 0 Å². The van der Waals surface area contributed by atoms with Crippen molar-refractivity contribution in [1.29, 1.82) is 0 Å². The molecule has 0 aliphatic carbocycles. The fourth-order valence-electron chi connectivity index (χ4n) is 2.87. The van der Waals surface area contributed by atoms with Gasteiger partial charge >= 0.3 is 5.97 Å². The Labute approximate surface area is 176 Å². The Morgan fingerprint density at radius 1 is 1.00 bits per heavy atom. The Hall–Kier alpha value is -2.27. The van der Waals surface area contributed by atoms with Crippen LogP contribution in [0.4, 0.5) is 0 Å². The van der Waals surface area contributed by atoms with E-state index in [1.54, 1.807) is 0 Å². The van der Waals surface area contributed by atoms with Gasteiger partial charge in [-0.15, -0.1) is 0 Å². The van der Waals surface area contributed by atoms with Gasteiger partial charge in [-0.25, -0.2) is 0 Å². The first-order valence-corrected chi connectivity index (χ1v) is 12.9. The lowest BCUT2D eigenvalue weighted by Gasteiger charge is -2.37. The second-order valence-electron chi connectivity index (χ2n) is 9.31. The minimum Gasteiger partial charge on any atom is -0.543 e. The maximum absolute atomic E-state index is 11.0. The van der Waals surface area contributed by atoms with Gasteiger partial charge in [-0.1, -0.05) is 39.0 Å². The summed E-state index contributed by atoms with van der Waals surface area (Å²) in [5, 5.41) is 9.16. The first kappa shape index (κ1) is 23.0. The van der Waals surface area contributed by atoms with E-state index < -0.39 is 14.3 Å². The number of rotatable bonds is 7. The number of aryl methyl sites for hydroxylation is 2. The molecule has 0 bridgehead atoms. The Morgan fingerprint density at radius 2 is 1.62 bits per heavy atom. The number of carboxylic acid groups (broad SMARTS) is 1. The number of carboxylic acids is 1. The van der Waals surface area contributed by atoms with E-state index in [0.717, 1.165) is 39.3 Å². The van der Waals surface area contributed by atoms with Crippen molar-refractivity contribution in [2.24, 2.45) is 0 Å². The van der Waals surface area contributed by atoms with Crippen molar-refractivity contribution in [3.63, 3.8) is 0 Å². The topological polar surface area (TPSA) is 55.8 Å². The second kappa shape index (κ2) is 8.62. The second-order valence-corrected chi connectivity index (χ2v) is 14.0. The summed E-state index contributed by atoms with van der Waals surface area (Å²) in [5.41, 5.74) is 5.10. The molecule has 0 aliphatic heterocycles. The lowest BCUT2D eigenvalue weighted by atomic mass is 10.0. The van der Waals surface area contributed by atoms with E-state index in [0.29, 0.717) is 6.61 Å². The van der Waals surface area contributed by atoms with Crippen molar-refractivity contribution in [2.45, 2.75) is 72.7 Å². The van der Waals surface area contributed by atoms with Crippen molar-refractivity contribution >= 4 is 14.3 Å². The predicted molar refractivity (Wildman–Crippen MR) is 121 cm³/mol. The highest BCUT2D eigenvalue weighted by atomic mass is 28.4. The summed E-state index contributed by atoms with van der Waals surface area (Å²) >= 11 is 0. The molecule has 0 radical (unpaired) electrons. The van der Waals surface area contributed by atoms with Gasteiger partial charge in [0.1, 0.15) is 18.1 Å². The summed E-state index contributed by atoms with van der Waals surface area (Å²) in [4.78, 5) is 11.0. The third kappa shape index (κ3) is 5.63. The Kier molecular flexibility index (Phi) is 6.84. The Balaban J connectivity index is 2.27. The molecule has 0 saturated heterocycles. The third-order valence-electron chi connectivity index (χ3n) is 5.93. The third-order valence-corrected chi connectivity index (χ3v) is 10.3. The predicted octanol–water partition coefficient (Wildman–Crippen LogP) is 6.20. The Bertz CT molecular complexity index is 894. The zero-order valence-electron chi connectivity index (χ0n) is 19.0. The normalized spacial score (nSPS) is 12.0. The Morgan fingerprint density at radius 3 is 2.21 bits per heavy atom. The van der Waals surface area contributed by atoms with E-state index >= 15 is 0 Å². The minimum atomic E-state index is -1.93. The molecule has 0 fully saturated rings. The van der Waals surface area contributed by atoms with Gasteiger partial charge in [0.05, 0.1) is 6.42 Å². The van der Waals surface area contributed by atoms with E-state index in [2.05, 4.69) is 59.8 Å². The van der Waals surface area contributed by atoms with E-state index in [1.807, 2.05) is 25.1 Å². The van der Waals surface area contributed by atoms with Crippen molar-refractivity contribution in [1.82, 2.24) is 0 Å². The fraction of sp³-hybridized carbons (Fsp3) is 0.458. The maximum atomic E-state index is 11.0. The molecule has 5 heteroatoms. The molecule has 0 aliphatic rings. The summed E-state index contributed by atoms with van der Waals surface area (Å²) in [7, 11) is -1.93. The molecule has 0 spiro atoms. The van der Waals surface area contributed by atoms with E-state index in [1.165, 1.54) is 0 Å². The first-order valence-electron chi connectivity index (χ1n) is 10.0. The minimum absolute atomic E-state index is 0.00939. The molecule has 0 aromatic heterocycles. The van der Waals surface area contributed by atoms with Crippen molar-refractivity contribution in [3.8, 4) is 11.5 Å². The highest BCUT2D eigenvalue weighted by molar-refractivity contribution is 6.74. The molecule has 0 atom stereocenters. The van der Waals surface area contributed by atoms with Crippen molar-refractivity contribution < 1.29 is 19.1 Å². The maximum Gasteiger partial charge on any atom is 0.307 e. The summed E-state index contributed by atoms with van der Waals surface area (Å²) in [5.74, 6) is 0.803. The van der Waals surface area contributed by atoms with Crippen molar-refractivity contribution in [3.05, 3.63) is 58.1 Å². The average molecular weight is 415 g/mol. The summed E-state index contributed by atoms with van der Waals surface area (Å²) in [6.45, 7) is 17.8. The molecule has 158 valence electrons. The van der Waals surface area contributed by atoms with Crippen LogP contribution in [0.2, 0.25) is 18.1 Å². The van der Waals surface area contributed by atoms with Gasteiger partial charge < -0.3 is 14.3 Å². The largest absolute Gasteiger partial charge is 0.543 e. The van der Waals surface area contributed by atoms with Crippen LogP contribution in [0.1, 0.15) is 48.6 Å². The van der Waals surface area contributed by atoms with Crippen molar-refractivity contribution in [2.75, 3.05) is 0 Å². The lowest BCUT2D eigenvalue weighted by molar-refractivity contribution is -0.136. The molecular formula is C24H34O4Si.